The van der Waals surface area contributed by atoms with Crippen LogP contribution in [0.5, 0.6) is 0 Å². The Morgan fingerprint density at radius 1 is 1.20 bits per heavy atom. The first-order valence-electron chi connectivity index (χ1n) is 6.54. The molecular weight excluding hydrogens is 278 g/mol. The van der Waals surface area contributed by atoms with Gasteiger partial charge in [0.1, 0.15) is 4.87 Å². The van der Waals surface area contributed by atoms with Crippen LogP contribution in [-0.2, 0) is 14.6 Å². The second-order valence-electron chi connectivity index (χ2n) is 5.22. The van der Waals surface area contributed by atoms with Crippen molar-refractivity contribution in [2.75, 3.05) is 31.7 Å². The average Bonchev–Trinajstić information content (AvgIpc) is 2.48. The summed E-state index contributed by atoms with van der Waals surface area (Å²) in [5.74, 6) is 5.29. The van der Waals surface area contributed by atoms with Gasteiger partial charge in [-0.1, -0.05) is 0 Å². The lowest BCUT2D eigenvalue weighted by Crippen LogP contribution is -2.54. The van der Waals surface area contributed by atoms with Gasteiger partial charge in [-0.2, -0.15) is 0 Å². The van der Waals surface area contributed by atoms with E-state index in [-0.39, 0.29) is 0 Å². The molecule has 1 fully saturated rings. The lowest BCUT2D eigenvalue weighted by Gasteiger charge is -2.39. The van der Waals surface area contributed by atoms with Crippen LogP contribution in [-0.4, -0.2) is 44.5 Å². The standard InChI is InChI=1S/C13H21N3O3S/c1-13(2,16-7-9-19-10-8-16)20(17,18)12-5-3-11(15-14)4-6-12/h3-6,15H,7-10,14H2,1-2H3. The second kappa shape index (κ2) is 5.69. The van der Waals surface area contributed by atoms with Crippen LogP contribution in [0.3, 0.4) is 0 Å². The molecule has 0 saturated carbocycles. The number of anilines is 1. The molecule has 1 saturated heterocycles. The van der Waals surface area contributed by atoms with Crippen LogP contribution in [0.1, 0.15) is 13.8 Å². The molecule has 0 radical (unpaired) electrons. The molecule has 1 aliphatic rings. The zero-order valence-electron chi connectivity index (χ0n) is 11.8. The summed E-state index contributed by atoms with van der Waals surface area (Å²) >= 11 is 0. The normalized spacial score (nSPS) is 17.9. The Morgan fingerprint density at radius 3 is 2.25 bits per heavy atom. The zero-order valence-corrected chi connectivity index (χ0v) is 12.6. The van der Waals surface area contributed by atoms with Gasteiger partial charge in [-0.05, 0) is 38.1 Å². The van der Waals surface area contributed by atoms with E-state index in [4.69, 9.17) is 10.6 Å². The molecule has 0 spiro atoms. The SMILES string of the molecule is CC(C)(N1CCOCC1)S(=O)(=O)c1ccc(NN)cc1. The molecule has 1 aromatic carbocycles. The van der Waals surface area contributed by atoms with Crippen molar-refractivity contribution in [3.8, 4) is 0 Å². The molecule has 6 nitrogen and oxygen atoms in total. The van der Waals surface area contributed by atoms with Gasteiger partial charge < -0.3 is 10.2 Å². The molecule has 1 heterocycles. The third-order valence-electron chi connectivity index (χ3n) is 3.76. The highest BCUT2D eigenvalue weighted by atomic mass is 32.2. The number of hydrogen-bond acceptors (Lipinski definition) is 6. The van der Waals surface area contributed by atoms with Crippen molar-refractivity contribution >= 4 is 15.5 Å². The Balaban J connectivity index is 2.31. The fraction of sp³-hybridized carbons (Fsp3) is 0.538. The number of nitrogens with one attached hydrogen (secondary N) is 1. The van der Waals surface area contributed by atoms with Crippen LogP contribution in [0.2, 0.25) is 0 Å². The minimum absolute atomic E-state index is 0.299. The van der Waals surface area contributed by atoms with E-state index in [9.17, 15) is 8.42 Å². The molecule has 1 aromatic rings. The number of benzene rings is 1. The molecule has 0 aromatic heterocycles. The molecule has 0 atom stereocenters. The first kappa shape index (κ1) is 15.2. The van der Waals surface area contributed by atoms with E-state index in [0.29, 0.717) is 36.9 Å². The van der Waals surface area contributed by atoms with Crippen molar-refractivity contribution in [2.24, 2.45) is 5.84 Å². The van der Waals surface area contributed by atoms with Crippen molar-refractivity contribution in [1.29, 1.82) is 0 Å². The van der Waals surface area contributed by atoms with E-state index in [1.54, 1.807) is 38.1 Å². The molecule has 0 bridgehead atoms. The third kappa shape index (κ3) is 2.67. The summed E-state index contributed by atoms with van der Waals surface area (Å²) in [6.07, 6.45) is 0. The molecule has 2 rings (SSSR count). The summed E-state index contributed by atoms with van der Waals surface area (Å²) in [6, 6.07) is 6.46. The van der Waals surface area contributed by atoms with Crippen LogP contribution in [0, 0.1) is 0 Å². The number of rotatable bonds is 4. The summed E-state index contributed by atoms with van der Waals surface area (Å²) < 4.78 is 30.9. The monoisotopic (exact) mass is 299 g/mol. The maximum absolute atomic E-state index is 12.8. The molecule has 20 heavy (non-hydrogen) atoms. The summed E-state index contributed by atoms with van der Waals surface area (Å²) in [6.45, 7) is 5.85. The highest BCUT2D eigenvalue weighted by molar-refractivity contribution is 7.92. The Labute approximate surface area is 119 Å². The number of nitrogens with zero attached hydrogens (tertiary/aromatic N) is 1. The molecule has 3 N–H and O–H groups in total. The Kier molecular flexibility index (Phi) is 4.33. The Hall–Kier alpha value is -1.15. The maximum atomic E-state index is 12.8. The lowest BCUT2D eigenvalue weighted by atomic mass is 10.3. The summed E-state index contributed by atoms with van der Waals surface area (Å²) in [5.41, 5.74) is 3.16. The van der Waals surface area contributed by atoms with E-state index in [1.165, 1.54) is 0 Å². The minimum Gasteiger partial charge on any atom is -0.379 e. The molecule has 7 heteroatoms. The van der Waals surface area contributed by atoms with Crippen LogP contribution < -0.4 is 11.3 Å². The molecule has 0 amide bonds. The van der Waals surface area contributed by atoms with Gasteiger partial charge >= 0.3 is 0 Å². The summed E-state index contributed by atoms with van der Waals surface area (Å²) in [7, 11) is -3.46. The van der Waals surface area contributed by atoms with Crippen LogP contribution in [0.4, 0.5) is 5.69 Å². The zero-order chi connectivity index (χ0) is 14.8. The van der Waals surface area contributed by atoms with E-state index in [0.717, 1.165) is 0 Å². The van der Waals surface area contributed by atoms with E-state index < -0.39 is 14.7 Å². The highest BCUT2D eigenvalue weighted by Crippen LogP contribution is 2.30. The van der Waals surface area contributed by atoms with Crippen molar-refractivity contribution in [2.45, 2.75) is 23.6 Å². The number of hydrogen-bond donors (Lipinski definition) is 2. The number of hydrazine groups is 1. The topological polar surface area (TPSA) is 84.7 Å². The van der Waals surface area contributed by atoms with E-state index >= 15 is 0 Å². The number of nitrogen functional groups attached to an aromatic ring is 1. The van der Waals surface area contributed by atoms with Crippen molar-refractivity contribution in [1.82, 2.24) is 4.90 Å². The Morgan fingerprint density at radius 2 is 1.75 bits per heavy atom. The van der Waals surface area contributed by atoms with Gasteiger partial charge in [0.2, 0.25) is 0 Å². The predicted octanol–water partition coefficient (Wildman–Crippen LogP) is 0.814. The predicted molar refractivity (Wildman–Crippen MR) is 77.9 cm³/mol. The highest BCUT2D eigenvalue weighted by Gasteiger charge is 2.41. The molecule has 1 aliphatic heterocycles. The Bertz CT molecular complexity index is 549. The van der Waals surface area contributed by atoms with Gasteiger partial charge in [-0.3, -0.25) is 10.7 Å². The molecular formula is C13H21N3O3S. The number of nitrogens with two attached hydrogens (primary N) is 1. The fourth-order valence-corrected chi connectivity index (χ4v) is 3.88. The largest absolute Gasteiger partial charge is 0.379 e. The smallest absolute Gasteiger partial charge is 0.196 e. The van der Waals surface area contributed by atoms with Gasteiger partial charge in [-0.25, -0.2) is 8.42 Å². The lowest BCUT2D eigenvalue weighted by molar-refractivity contribution is 0.0134. The first-order chi connectivity index (χ1) is 9.39. The maximum Gasteiger partial charge on any atom is 0.196 e. The van der Waals surface area contributed by atoms with Crippen molar-refractivity contribution < 1.29 is 13.2 Å². The van der Waals surface area contributed by atoms with Crippen LogP contribution >= 0.6 is 0 Å². The molecule has 0 unspecified atom stereocenters. The fourth-order valence-electron chi connectivity index (χ4n) is 2.29. The average molecular weight is 299 g/mol. The van der Waals surface area contributed by atoms with Crippen LogP contribution in [0.25, 0.3) is 0 Å². The molecule has 0 aliphatic carbocycles. The summed E-state index contributed by atoms with van der Waals surface area (Å²) in [5, 5.41) is 0. The van der Waals surface area contributed by atoms with Gasteiger partial charge in [-0.15, -0.1) is 0 Å². The van der Waals surface area contributed by atoms with E-state index in [1.807, 2.05) is 4.90 Å². The van der Waals surface area contributed by atoms with Crippen molar-refractivity contribution in [3.63, 3.8) is 0 Å². The second-order valence-corrected chi connectivity index (χ2v) is 7.70. The van der Waals surface area contributed by atoms with Crippen LogP contribution in [0.15, 0.2) is 29.2 Å². The minimum atomic E-state index is -3.46. The van der Waals surface area contributed by atoms with Gasteiger partial charge in [0.15, 0.2) is 9.84 Å². The quantitative estimate of drug-likeness (QED) is 0.632. The van der Waals surface area contributed by atoms with E-state index in [2.05, 4.69) is 5.43 Å². The van der Waals surface area contributed by atoms with Crippen molar-refractivity contribution in [3.05, 3.63) is 24.3 Å². The first-order valence-corrected chi connectivity index (χ1v) is 8.02. The molecule has 112 valence electrons. The van der Waals surface area contributed by atoms with Gasteiger partial charge in [0, 0.05) is 18.8 Å². The number of ether oxygens (including phenoxy) is 1. The third-order valence-corrected chi connectivity index (χ3v) is 6.23. The number of morpholine rings is 1. The summed E-state index contributed by atoms with van der Waals surface area (Å²) in [4.78, 5) is 1.28. The van der Waals surface area contributed by atoms with Gasteiger partial charge in [0.25, 0.3) is 0 Å². The number of sulfone groups is 1. The van der Waals surface area contributed by atoms with Gasteiger partial charge in [0.05, 0.1) is 18.1 Å².